The number of hydrogen-bond donors (Lipinski definition) is 1. The maximum Gasteiger partial charge on any atom is 0.281 e. The third kappa shape index (κ3) is 4.84. The van der Waals surface area contributed by atoms with E-state index in [2.05, 4.69) is 9.97 Å². The number of ether oxygens (including phenoxy) is 2. The summed E-state index contributed by atoms with van der Waals surface area (Å²) in [5.41, 5.74) is -0.187. The van der Waals surface area contributed by atoms with E-state index in [1.54, 1.807) is 18.2 Å². The van der Waals surface area contributed by atoms with Crippen molar-refractivity contribution in [2.45, 2.75) is 36.0 Å². The van der Waals surface area contributed by atoms with Crippen LogP contribution in [0.15, 0.2) is 75.5 Å². The number of pyridine rings is 1. The van der Waals surface area contributed by atoms with Crippen molar-refractivity contribution >= 4 is 9.84 Å². The lowest BCUT2D eigenvalue weighted by Gasteiger charge is -2.19. The Kier molecular flexibility index (Phi) is 7.77. The molecular weight excluding hydrogens is 513 g/mol. The third-order valence-electron chi connectivity index (χ3n) is 5.99. The summed E-state index contributed by atoms with van der Waals surface area (Å²) in [6.45, 7) is 1.95. The number of halogens is 1. The minimum Gasteiger partial charge on any atom is -0.494 e. The Morgan fingerprint density at radius 3 is 2.26 bits per heavy atom. The van der Waals surface area contributed by atoms with Crippen LogP contribution >= 0.6 is 0 Å². The molecule has 4 rings (SSSR count). The standard InChI is InChI=1S/C27H26FN3O6S/c1-4-5-9-23-30-26(32)25(27(33)31(23)24-21(36-2)7-6-8-22(24)37-3)38(34,35)18-12-10-17(11-13-18)19-14-15-29-16-20(19)28/h6-8,10-16,32H,4-5,9H2,1-3H3. The van der Waals surface area contributed by atoms with E-state index in [9.17, 15) is 22.7 Å². The first kappa shape index (κ1) is 26.8. The second kappa shape index (κ2) is 11.0. The number of sulfone groups is 1. The lowest BCUT2D eigenvalue weighted by Crippen LogP contribution is -2.29. The first-order valence-corrected chi connectivity index (χ1v) is 13.2. The summed E-state index contributed by atoms with van der Waals surface area (Å²) in [6.07, 6.45) is 4.15. The molecule has 198 valence electrons. The van der Waals surface area contributed by atoms with Crippen LogP contribution in [0.5, 0.6) is 17.4 Å². The van der Waals surface area contributed by atoms with Gasteiger partial charge in [0.25, 0.3) is 5.56 Å². The van der Waals surface area contributed by atoms with Crippen molar-refractivity contribution in [3.63, 3.8) is 0 Å². The summed E-state index contributed by atoms with van der Waals surface area (Å²) in [7, 11) is -1.73. The average molecular weight is 540 g/mol. The van der Waals surface area contributed by atoms with Gasteiger partial charge in [0.1, 0.15) is 28.8 Å². The van der Waals surface area contributed by atoms with E-state index < -0.39 is 32.0 Å². The minimum atomic E-state index is -4.55. The Hall–Kier alpha value is -4.25. The van der Waals surface area contributed by atoms with Gasteiger partial charge in [0, 0.05) is 18.2 Å². The Bertz CT molecular complexity index is 1610. The SMILES string of the molecule is CCCCc1nc(O)c(S(=O)(=O)c2ccc(-c3ccncc3F)cc2)c(=O)n1-c1c(OC)cccc1OC. The molecule has 11 heteroatoms. The molecule has 2 aromatic heterocycles. The molecule has 0 aliphatic carbocycles. The fraction of sp³-hybridized carbons (Fsp3) is 0.222. The van der Waals surface area contributed by atoms with E-state index in [1.807, 2.05) is 6.92 Å². The molecule has 2 heterocycles. The quantitative estimate of drug-likeness (QED) is 0.334. The molecule has 4 aromatic rings. The number of aromatic hydroxyl groups is 1. The number of rotatable bonds is 9. The number of hydrogen-bond acceptors (Lipinski definition) is 8. The van der Waals surface area contributed by atoms with E-state index in [0.29, 0.717) is 12.0 Å². The predicted molar refractivity (Wildman–Crippen MR) is 138 cm³/mol. The summed E-state index contributed by atoms with van der Waals surface area (Å²) in [5.74, 6) is -0.816. The van der Waals surface area contributed by atoms with Crippen LogP contribution in [-0.4, -0.2) is 42.3 Å². The van der Waals surface area contributed by atoms with Crippen LogP contribution in [-0.2, 0) is 16.3 Å². The maximum absolute atomic E-state index is 14.1. The first-order valence-electron chi connectivity index (χ1n) is 11.8. The average Bonchev–Trinajstić information content (AvgIpc) is 2.91. The maximum atomic E-state index is 14.1. The topological polar surface area (TPSA) is 121 Å². The van der Waals surface area contributed by atoms with Gasteiger partial charge >= 0.3 is 0 Å². The zero-order chi connectivity index (χ0) is 27.4. The largest absolute Gasteiger partial charge is 0.494 e. The second-order valence-corrected chi connectivity index (χ2v) is 10.2. The number of aromatic nitrogens is 3. The molecule has 0 bridgehead atoms. The van der Waals surface area contributed by atoms with Crippen molar-refractivity contribution in [3.8, 4) is 34.2 Å². The normalized spacial score (nSPS) is 11.4. The number of methoxy groups -OCH3 is 2. The van der Waals surface area contributed by atoms with Crippen molar-refractivity contribution in [2.75, 3.05) is 14.2 Å². The van der Waals surface area contributed by atoms with E-state index in [0.717, 1.165) is 17.2 Å². The molecule has 0 atom stereocenters. The molecule has 38 heavy (non-hydrogen) atoms. The molecule has 1 N–H and O–H groups in total. The van der Waals surface area contributed by atoms with Gasteiger partial charge < -0.3 is 14.6 Å². The molecule has 0 spiro atoms. The number of para-hydroxylation sites is 1. The highest BCUT2D eigenvalue weighted by atomic mass is 32.2. The van der Waals surface area contributed by atoms with Gasteiger partial charge in [-0.25, -0.2) is 12.8 Å². The smallest absolute Gasteiger partial charge is 0.281 e. The Balaban J connectivity index is 1.93. The van der Waals surface area contributed by atoms with Crippen LogP contribution in [0.4, 0.5) is 4.39 Å². The van der Waals surface area contributed by atoms with Gasteiger partial charge in [-0.15, -0.1) is 0 Å². The highest BCUT2D eigenvalue weighted by Crippen LogP contribution is 2.34. The van der Waals surface area contributed by atoms with Crippen LogP contribution in [0.3, 0.4) is 0 Å². The lowest BCUT2D eigenvalue weighted by atomic mass is 10.1. The lowest BCUT2D eigenvalue weighted by molar-refractivity contribution is 0.386. The summed E-state index contributed by atoms with van der Waals surface area (Å²) in [4.78, 5) is 20.6. The van der Waals surface area contributed by atoms with Gasteiger partial charge in [0.2, 0.25) is 15.7 Å². The number of aryl methyl sites for hydroxylation is 1. The molecule has 9 nitrogen and oxygen atoms in total. The Morgan fingerprint density at radius 2 is 1.68 bits per heavy atom. The number of unbranched alkanes of at least 4 members (excludes halogenated alkanes) is 1. The van der Waals surface area contributed by atoms with Crippen LogP contribution < -0.4 is 15.0 Å². The molecule has 0 saturated heterocycles. The van der Waals surface area contributed by atoms with Crippen LogP contribution in [0.1, 0.15) is 25.6 Å². The summed E-state index contributed by atoms with van der Waals surface area (Å²) >= 11 is 0. The fourth-order valence-electron chi connectivity index (χ4n) is 4.10. The number of nitrogens with zero attached hydrogens (tertiary/aromatic N) is 3. The van der Waals surface area contributed by atoms with E-state index in [-0.39, 0.29) is 39.9 Å². The van der Waals surface area contributed by atoms with Crippen molar-refractivity contribution in [2.24, 2.45) is 0 Å². The van der Waals surface area contributed by atoms with Crippen molar-refractivity contribution < 1.29 is 27.4 Å². The molecular formula is C27H26FN3O6S. The molecule has 0 saturated carbocycles. The van der Waals surface area contributed by atoms with Crippen molar-refractivity contribution in [3.05, 3.63) is 82.9 Å². The second-order valence-electron chi connectivity index (χ2n) is 8.32. The fourth-order valence-corrected chi connectivity index (χ4v) is 5.44. The van der Waals surface area contributed by atoms with E-state index in [1.165, 1.54) is 50.7 Å². The monoisotopic (exact) mass is 539 g/mol. The highest BCUT2D eigenvalue weighted by Gasteiger charge is 2.31. The Morgan fingerprint density at radius 1 is 1.03 bits per heavy atom. The molecule has 0 amide bonds. The van der Waals surface area contributed by atoms with Gasteiger partial charge in [-0.05, 0) is 42.3 Å². The first-order chi connectivity index (χ1) is 18.2. The van der Waals surface area contributed by atoms with Gasteiger partial charge in [-0.1, -0.05) is 31.5 Å². The molecule has 0 radical (unpaired) electrons. The summed E-state index contributed by atoms with van der Waals surface area (Å²) in [6, 6.07) is 11.6. The highest BCUT2D eigenvalue weighted by molar-refractivity contribution is 7.91. The Labute approximate surface area is 219 Å². The van der Waals surface area contributed by atoms with Crippen LogP contribution in [0.25, 0.3) is 16.8 Å². The third-order valence-corrected chi connectivity index (χ3v) is 7.78. The molecule has 0 unspecified atom stereocenters. The minimum absolute atomic E-state index is 0.152. The predicted octanol–water partition coefficient (Wildman–Crippen LogP) is 4.33. The van der Waals surface area contributed by atoms with E-state index in [4.69, 9.17) is 9.47 Å². The van der Waals surface area contributed by atoms with Crippen LogP contribution in [0, 0.1) is 5.82 Å². The van der Waals surface area contributed by atoms with Gasteiger partial charge in [-0.2, -0.15) is 4.98 Å². The van der Waals surface area contributed by atoms with Gasteiger partial charge in [-0.3, -0.25) is 14.3 Å². The number of benzene rings is 2. The van der Waals surface area contributed by atoms with Gasteiger partial charge in [0.15, 0.2) is 4.90 Å². The molecule has 0 aliphatic heterocycles. The molecule has 0 fully saturated rings. The van der Waals surface area contributed by atoms with Crippen molar-refractivity contribution in [1.82, 2.24) is 14.5 Å². The summed E-state index contributed by atoms with van der Waals surface area (Å²) in [5, 5.41) is 10.7. The zero-order valence-electron chi connectivity index (χ0n) is 21.0. The van der Waals surface area contributed by atoms with Gasteiger partial charge in [0.05, 0.1) is 25.3 Å². The zero-order valence-corrected chi connectivity index (χ0v) is 21.8. The van der Waals surface area contributed by atoms with E-state index >= 15 is 0 Å². The van der Waals surface area contributed by atoms with Crippen LogP contribution in [0.2, 0.25) is 0 Å². The molecule has 0 aliphatic rings. The summed E-state index contributed by atoms with van der Waals surface area (Å²) < 4.78 is 53.5. The van der Waals surface area contributed by atoms with Crippen molar-refractivity contribution in [1.29, 1.82) is 0 Å². The molecule has 2 aromatic carbocycles.